The lowest BCUT2D eigenvalue weighted by Crippen LogP contribution is -2.36. The van der Waals surface area contributed by atoms with Gasteiger partial charge in [0.15, 0.2) is 17.5 Å². The Morgan fingerprint density at radius 3 is 1.21 bits per heavy atom. The van der Waals surface area contributed by atoms with Gasteiger partial charge in [0.25, 0.3) is 0 Å². The van der Waals surface area contributed by atoms with E-state index in [1.54, 1.807) is 0 Å². The summed E-state index contributed by atoms with van der Waals surface area (Å²) in [5, 5.41) is 0. The van der Waals surface area contributed by atoms with Gasteiger partial charge in [-0.1, -0.05) is 218 Å². The number of fused-ring (bicyclic) bond motifs is 9. The number of para-hydroxylation sites is 3. The fourth-order valence-corrected chi connectivity index (χ4v) is 10.6. The molecule has 0 atom stereocenters. The maximum Gasteiger partial charge on any atom is 0.164 e. The van der Waals surface area contributed by atoms with Crippen molar-refractivity contribution in [1.29, 1.82) is 0 Å². The van der Waals surface area contributed by atoms with Crippen LogP contribution in [0.3, 0.4) is 0 Å². The number of anilines is 3. The summed E-state index contributed by atoms with van der Waals surface area (Å²) in [5.41, 5.74) is 20.5. The standard InChI is InChI=1S/C64H42N4/c1-4-17-43(18-5-1)44-31-35-47(36-32-44)62-65-61(46-19-6-2-7-20-46)66-63(67-62)48-37-33-45(34-38-48)49-21-16-22-50(41-49)51-39-40-54-53-25-10-11-26-55(53)64(58(54)42-51)56-27-12-14-29-59(56)68(52-23-8-3-9-24-52)60-30-15-13-28-57(60)64/h1-42H. The number of nitrogens with zero attached hydrogens (tertiary/aromatic N) is 4. The van der Waals surface area contributed by atoms with Gasteiger partial charge in [-0.2, -0.15) is 0 Å². The van der Waals surface area contributed by atoms with Gasteiger partial charge in [-0.3, -0.25) is 0 Å². The van der Waals surface area contributed by atoms with E-state index in [-0.39, 0.29) is 0 Å². The van der Waals surface area contributed by atoms with Crippen molar-refractivity contribution in [2.45, 2.75) is 5.41 Å². The highest BCUT2D eigenvalue weighted by molar-refractivity contribution is 5.96. The second-order valence-electron chi connectivity index (χ2n) is 17.5. The quantitative estimate of drug-likeness (QED) is 0.160. The summed E-state index contributed by atoms with van der Waals surface area (Å²) in [4.78, 5) is 17.5. The van der Waals surface area contributed by atoms with E-state index in [2.05, 4.69) is 223 Å². The van der Waals surface area contributed by atoms with Gasteiger partial charge in [0.05, 0.1) is 16.8 Å². The highest BCUT2D eigenvalue weighted by atomic mass is 15.2. The van der Waals surface area contributed by atoms with Gasteiger partial charge < -0.3 is 4.90 Å². The van der Waals surface area contributed by atoms with Crippen molar-refractivity contribution in [2.24, 2.45) is 0 Å². The molecule has 0 fully saturated rings. The highest BCUT2D eigenvalue weighted by Gasteiger charge is 2.51. The van der Waals surface area contributed by atoms with Crippen LogP contribution in [0.15, 0.2) is 255 Å². The van der Waals surface area contributed by atoms with Crippen molar-refractivity contribution in [3.05, 3.63) is 277 Å². The topological polar surface area (TPSA) is 41.9 Å². The summed E-state index contributed by atoms with van der Waals surface area (Å²) in [5.74, 6) is 1.91. The van der Waals surface area contributed by atoms with Crippen LogP contribution in [-0.4, -0.2) is 15.0 Å². The lowest BCUT2D eigenvalue weighted by atomic mass is 9.64. The minimum atomic E-state index is -0.519. The Morgan fingerprint density at radius 1 is 0.250 bits per heavy atom. The van der Waals surface area contributed by atoms with E-state index in [1.165, 1.54) is 55.9 Å². The number of aromatic nitrogens is 3. The van der Waals surface area contributed by atoms with E-state index in [0.29, 0.717) is 17.5 Å². The Balaban J connectivity index is 0.880. The smallest absolute Gasteiger partial charge is 0.164 e. The molecule has 4 nitrogen and oxygen atoms in total. The summed E-state index contributed by atoms with van der Waals surface area (Å²) in [6.45, 7) is 0. The van der Waals surface area contributed by atoms with Crippen LogP contribution in [0.4, 0.5) is 17.1 Å². The normalized spacial score (nSPS) is 12.8. The van der Waals surface area contributed by atoms with Gasteiger partial charge in [0.2, 0.25) is 0 Å². The first-order valence-corrected chi connectivity index (χ1v) is 23.2. The van der Waals surface area contributed by atoms with Gasteiger partial charge in [0, 0.05) is 22.4 Å². The monoisotopic (exact) mass is 866 g/mol. The van der Waals surface area contributed by atoms with Gasteiger partial charge in [-0.25, -0.2) is 15.0 Å². The van der Waals surface area contributed by atoms with E-state index in [0.717, 1.165) is 44.6 Å². The van der Waals surface area contributed by atoms with Crippen LogP contribution >= 0.6 is 0 Å². The molecular weight excluding hydrogens is 825 g/mol. The van der Waals surface area contributed by atoms with E-state index in [1.807, 2.05) is 36.4 Å². The minimum absolute atomic E-state index is 0.519. The van der Waals surface area contributed by atoms with Crippen molar-refractivity contribution in [1.82, 2.24) is 15.0 Å². The third-order valence-electron chi connectivity index (χ3n) is 13.7. The summed E-state index contributed by atoms with van der Waals surface area (Å²) in [7, 11) is 0. The van der Waals surface area contributed by atoms with Crippen molar-refractivity contribution in [3.63, 3.8) is 0 Å². The highest BCUT2D eigenvalue weighted by Crippen LogP contribution is 2.63. The van der Waals surface area contributed by atoms with Crippen molar-refractivity contribution < 1.29 is 0 Å². The molecule has 0 saturated carbocycles. The fourth-order valence-electron chi connectivity index (χ4n) is 10.6. The Kier molecular flexibility index (Phi) is 9.36. The third-order valence-corrected chi connectivity index (χ3v) is 13.7. The Labute approximate surface area is 396 Å². The maximum atomic E-state index is 5.06. The Bertz CT molecular complexity index is 3610. The predicted molar refractivity (Wildman–Crippen MR) is 278 cm³/mol. The molecule has 0 radical (unpaired) electrons. The predicted octanol–water partition coefficient (Wildman–Crippen LogP) is 16.0. The second kappa shape index (κ2) is 16.2. The largest absolute Gasteiger partial charge is 0.310 e. The van der Waals surface area contributed by atoms with Crippen molar-refractivity contribution in [3.8, 4) is 78.7 Å². The fraction of sp³-hybridized carbons (Fsp3) is 0.0156. The summed E-state index contributed by atoms with van der Waals surface area (Å²) >= 11 is 0. The van der Waals surface area contributed by atoms with Crippen LogP contribution in [0.2, 0.25) is 0 Å². The molecule has 0 bridgehead atoms. The molecule has 0 N–H and O–H groups in total. The van der Waals surface area contributed by atoms with Crippen LogP contribution in [0, 0.1) is 0 Å². The molecule has 11 aromatic rings. The summed E-state index contributed by atoms with van der Waals surface area (Å²) in [6, 6.07) is 91.4. The Morgan fingerprint density at radius 2 is 0.618 bits per heavy atom. The number of hydrogen-bond donors (Lipinski definition) is 0. The molecular formula is C64H42N4. The molecule has 1 aliphatic carbocycles. The van der Waals surface area contributed by atoms with Gasteiger partial charge in [0.1, 0.15) is 0 Å². The van der Waals surface area contributed by atoms with Crippen LogP contribution < -0.4 is 4.90 Å². The van der Waals surface area contributed by atoms with Crippen LogP contribution in [-0.2, 0) is 5.41 Å². The lowest BCUT2D eigenvalue weighted by Gasteiger charge is -2.45. The van der Waals surface area contributed by atoms with Crippen molar-refractivity contribution >= 4 is 17.1 Å². The molecule has 1 aromatic heterocycles. The van der Waals surface area contributed by atoms with E-state index < -0.39 is 5.41 Å². The van der Waals surface area contributed by atoms with Crippen molar-refractivity contribution in [2.75, 3.05) is 4.90 Å². The van der Waals surface area contributed by atoms with Gasteiger partial charge in [-0.05, 0) is 103 Å². The van der Waals surface area contributed by atoms with E-state index in [9.17, 15) is 0 Å². The zero-order valence-corrected chi connectivity index (χ0v) is 37.0. The molecule has 0 unspecified atom stereocenters. The first-order valence-electron chi connectivity index (χ1n) is 23.2. The molecule has 1 aliphatic heterocycles. The van der Waals surface area contributed by atoms with Gasteiger partial charge >= 0.3 is 0 Å². The maximum absolute atomic E-state index is 5.06. The average Bonchev–Trinajstić information content (AvgIpc) is 3.71. The molecule has 68 heavy (non-hydrogen) atoms. The summed E-state index contributed by atoms with van der Waals surface area (Å²) < 4.78 is 0. The zero-order chi connectivity index (χ0) is 45.0. The molecule has 0 amide bonds. The first-order chi connectivity index (χ1) is 33.7. The average molecular weight is 867 g/mol. The number of benzene rings is 10. The molecule has 10 aromatic carbocycles. The van der Waals surface area contributed by atoms with Gasteiger partial charge in [-0.15, -0.1) is 0 Å². The molecule has 0 saturated heterocycles. The Hall–Kier alpha value is -8.99. The molecule has 4 heteroatoms. The van der Waals surface area contributed by atoms with Crippen LogP contribution in [0.1, 0.15) is 22.3 Å². The van der Waals surface area contributed by atoms with E-state index in [4.69, 9.17) is 15.0 Å². The molecule has 1 spiro atoms. The van der Waals surface area contributed by atoms with Crippen LogP contribution in [0.5, 0.6) is 0 Å². The molecule has 2 heterocycles. The summed E-state index contributed by atoms with van der Waals surface area (Å²) in [6.07, 6.45) is 0. The molecule has 318 valence electrons. The number of hydrogen-bond acceptors (Lipinski definition) is 4. The molecule has 2 aliphatic rings. The first kappa shape index (κ1) is 39.4. The van der Waals surface area contributed by atoms with Crippen LogP contribution in [0.25, 0.3) is 78.7 Å². The minimum Gasteiger partial charge on any atom is -0.310 e. The SMILES string of the molecule is c1ccc(-c2ccc(-c3nc(-c4ccccc4)nc(-c4ccc(-c5cccc(-c6ccc7c(c6)C6(c8ccccc8-7)c7ccccc7N(c7ccccc7)c7ccccc76)c5)cc4)n3)cc2)cc1. The molecule has 13 rings (SSSR count). The zero-order valence-electron chi connectivity index (χ0n) is 37.0. The number of rotatable bonds is 7. The lowest BCUT2D eigenvalue weighted by molar-refractivity contribution is 0.753. The second-order valence-corrected chi connectivity index (χ2v) is 17.5. The third kappa shape index (κ3) is 6.41. The van der Waals surface area contributed by atoms with E-state index >= 15 is 0 Å².